The Morgan fingerprint density at radius 1 is 1.18 bits per heavy atom. The van der Waals surface area contributed by atoms with E-state index in [1.165, 1.54) is 0 Å². The van der Waals surface area contributed by atoms with E-state index in [2.05, 4.69) is 5.32 Å². The molecule has 2 aromatic rings. The molecule has 0 heterocycles. The van der Waals surface area contributed by atoms with E-state index in [0.717, 1.165) is 16.9 Å². The number of ether oxygens (including phenoxy) is 1. The van der Waals surface area contributed by atoms with Crippen molar-refractivity contribution in [2.45, 2.75) is 33.3 Å². The number of rotatable bonds is 5. The maximum absolute atomic E-state index is 12.4. The van der Waals surface area contributed by atoms with Crippen molar-refractivity contribution in [1.82, 2.24) is 0 Å². The van der Waals surface area contributed by atoms with Gasteiger partial charge in [-0.25, -0.2) is 0 Å². The summed E-state index contributed by atoms with van der Waals surface area (Å²) < 4.78 is 5.89. The summed E-state index contributed by atoms with van der Waals surface area (Å²) in [5, 5.41) is 3.49. The van der Waals surface area contributed by atoms with Gasteiger partial charge in [-0.15, -0.1) is 0 Å². The van der Waals surface area contributed by atoms with Gasteiger partial charge in [0.25, 0.3) is 5.91 Å². The van der Waals surface area contributed by atoms with Crippen LogP contribution < -0.4 is 10.1 Å². The van der Waals surface area contributed by atoms with E-state index < -0.39 is 6.10 Å². The third-order valence-corrected chi connectivity index (χ3v) is 3.85. The highest BCUT2D eigenvalue weighted by Gasteiger charge is 2.19. The molecule has 0 fully saturated rings. The monoisotopic (exact) mass is 317 g/mol. The zero-order chi connectivity index (χ0) is 16.1. The van der Waals surface area contributed by atoms with Gasteiger partial charge in [-0.2, -0.15) is 0 Å². The highest BCUT2D eigenvalue weighted by molar-refractivity contribution is 6.30. The first-order valence-corrected chi connectivity index (χ1v) is 7.68. The lowest BCUT2D eigenvalue weighted by Crippen LogP contribution is -2.32. The first kappa shape index (κ1) is 16.4. The van der Waals surface area contributed by atoms with Gasteiger partial charge in [0.15, 0.2) is 6.10 Å². The molecule has 22 heavy (non-hydrogen) atoms. The molecule has 116 valence electrons. The van der Waals surface area contributed by atoms with Crippen LogP contribution in [-0.2, 0) is 4.79 Å². The van der Waals surface area contributed by atoms with Gasteiger partial charge in [-0.3, -0.25) is 4.79 Å². The third-order valence-electron chi connectivity index (χ3n) is 3.60. The summed E-state index contributed by atoms with van der Waals surface area (Å²) in [6, 6.07) is 12.9. The maximum atomic E-state index is 12.4. The van der Waals surface area contributed by atoms with Crippen molar-refractivity contribution in [3.05, 3.63) is 58.6 Å². The van der Waals surface area contributed by atoms with E-state index in [1.807, 2.05) is 39.0 Å². The minimum absolute atomic E-state index is 0.161. The second-order valence-corrected chi connectivity index (χ2v) is 5.65. The molecule has 2 rings (SSSR count). The van der Waals surface area contributed by atoms with Gasteiger partial charge in [0.2, 0.25) is 0 Å². The Morgan fingerprint density at radius 2 is 1.86 bits per heavy atom. The fourth-order valence-electron chi connectivity index (χ4n) is 2.08. The Kier molecular flexibility index (Phi) is 5.45. The van der Waals surface area contributed by atoms with E-state index in [4.69, 9.17) is 16.3 Å². The molecule has 0 aliphatic rings. The summed E-state index contributed by atoms with van der Waals surface area (Å²) in [5.74, 6) is 0.587. The fourth-order valence-corrected chi connectivity index (χ4v) is 2.21. The molecule has 0 aliphatic carbocycles. The molecule has 0 spiro atoms. The second-order valence-electron chi connectivity index (χ2n) is 5.21. The number of anilines is 1. The van der Waals surface area contributed by atoms with E-state index >= 15 is 0 Å². The maximum Gasteiger partial charge on any atom is 0.265 e. The van der Waals surface area contributed by atoms with Gasteiger partial charge in [-0.1, -0.05) is 30.7 Å². The second kappa shape index (κ2) is 7.32. The number of amides is 1. The molecule has 0 aliphatic heterocycles. The summed E-state index contributed by atoms with van der Waals surface area (Å²) in [4.78, 5) is 12.4. The van der Waals surface area contributed by atoms with Crippen LogP contribution in [0.15, 0.2) is 42.5 Å². The molecular formula is C18H20ClNO2. The smallest absolute Gasteiger partial charge is 0.265 e. The number of carbonyl (C=O) groups excluding carboxylic acids is 1. The Morgan fingerprint density at radius 3 is 2.50 bits per heavy atom. The van der Waals surface area contributed by atoms with Gasteiger partial charge >= 0.3 is 0 Å². The summed E-state index contributed by atoms with van der Waals surface area (Å²) in [6.45, 7) is 5.95. The van der Waals surface area contributed by atoms with Crippen LogP contribution in [0.5, 0.6) is 5.75 Å². The molecule has 0 radical (unpaired) electrons. The van der Waals surface area contributed by atoms with Crippen molar-refractivity contribution in [3.8, 4) is 5.75 Å². The fraction of sp³-hybridized carbons (Fsp3) is 0.278. The summed E-state index contributed by atoms with van der Waals surface area (Å²) in [5.41, 5.74) is 2.91. The highest BCUT2D eigenvalue weighted by atomic mass is 35.5. The summed E-state index contributed by atoms with van der Waals surface area (Å²) >= 11 is 5.84. The largest absolute Gasteiger partial charge is 0.480 e. The van der Waals surface area contributed by atoms with E-state index in [0.29, 0.717) is 17.1 Å². The average Bonchev–Trinajstić information content (AvgIpc) is 2.51. The number of hydrogen-bond acceptors (Lipinski definition) is 2. The van der Waals surface area contributed by atoms with Crippen molar-refractivity contribution in [1.29, 1.82) is 0 Å². The van der Waals surface area contributed by atoms with Gasteiger partial charge in [0.05, 0.1) is 0 Å². The Bertz CT molecular complexity index is 653. The summed E-state index contributed by atoms with van der Waals surface area (Å²) in [7, 11) is 0. The SMILES string of the molecule is CC[C@@H](Oc1cccc(C)c1C)C(=O)Nc1ccc(Cl)cc1. The normalized spacial score (nSPS) is 11.8. The quantitative estimate of drug-likeness (QED) is 0.864. The first-order chi connectivity index (χ1) is 10.5. The van der Waals surface area contributed by atoms with Gasteiger partial charge in [0, 0.05) is 10.7 Å². The molecule has 0 aromatic heterocycles. The highest BCUT2D eigenvalue weighted by Crippen LogP contribution is 2.23. The average molecular weight is 318 g/mol. The van der Waals surface area contributed by atoms with Crippen molar-refractivity contribution in [2.24, 2.45) is 0 Å². The number of benzene rings is 2. The topological polar surface area (TPSA) is 38.3 Å². The first-order valence-electron chi connectivity index (χ1n) is 7.30. The zero-order valence-corrected chi connectivity index (χ0v) is 13.8. The van der Waals surface area contributed by atoms with Gasteiger partial charge in [-0.05, 0) is 61.7 Å². The third kappa shape index (κ3) is 4.01. The molecule has 1 amide bonds. The van der Waals surface area contributed by atoms with Crippen LogP contribution in [0.4, 0.5) is 5.69 Å². The molecule has 0 unspecified atom stereocenters. The van der Waals surface area contributed by atoms with Crippen molar-refractivity contribution >= 4 is 23.2 Å². The number of aryl methyl sites for hydroxylation is 1. The number of halogens is 1. The van der Waals surface area contributed by atoms with Crippen LogP contribution in [0.1, 0.15) is 24.5 Å². The Labute approximate surface area is 136 Å². The van der Waals surface area contributed by atoms with Crippen molar-refractivity contribution in [3.63, 3.8) is 0 Å². The molecule has 3 nitrogen and oxygen atoms in total. The van der Waals surface area contributed by atoms with Crippen LogP contribution in [0, 0.1) is 13.8 Å². The van der Waals surface area contributed by atoms with Crippen molar-refractivity contribution < 1.29 is 9.53 Å². The Balaban J connectivity index is 2.09. The van der Waals surface area contributed by atoms with Gasteiger partial charge < -0.3 is 10.1 Å². The lowest BCUT2D eigenvalue weighted by Gasteiger charge is -2.19. The molecule has 1 atom stereocenters. The van der Waals surface area contributed by atoms with Crippen LogP contribution >= 0.6 is 11.6 Å². The van der Waals surface area contributed by atoms with E-state index in [-0.39, 0.29) is 5.91 Å². The van der Waals surface area contributed by atoms with Crippen LogP contribution in [0.2, 0.25) is 5.02 Å². The zero-order valence-electron chi connectivity index (χ0n) is 13.0. The number of hydrogen-bond donors (Lipinski definition) is 1. The van der Waals surface area contributed by atoms with E-state index in [1.54, 1.807) is 24.3 Å². The molecule has 0 saturated heterocycles. The number of carbonyl (C=O) groups is 1. The van der Waals surface area contributed by atoms with Crippen LogP contribution in [-0.4, -0.2) is 12.0 Å². The summed E-state index contributed by atoms with van der Waals surface area (Å²) in [6.07, 6.45) is 0.0588. The molecule has 0 bridgehead atoms. The molecule has 1 N–H and O–H groups in total. The predicted molar refractivity (Wildman–Crippen MR) is 90.7 cm³/mol. The molecule has 0 saturated carbocycles. The van der Waals surface area contributed by atoms with E-state index in [9.17, 15) is 4.79 Å². The number of nitrogens with one attached hydrogen (secondary N) is 1. The molecule has 2 aromatic carbocycles. The standard InChI is InChI=1S/C18H20ClNO2/c1-4-16(22-17-7-5-6-12(2)13(17)3)18(21)20-15-10-8-14(19)9-11-15/h5-11,16H,4H2,1-3H3,(H,20,21)/t16-/m1/s1. The lowest BCUT2D eigenvalue weighted by atomic mass is 10.1. The van der Waals surface area contributed by atoms with Crippen molar-refractivity contribution in [2.75, 3.05) is 5.32 Å². The Hall–Kier alpha value is -2.00. The molecule has 4 heteroatoms. The van der Waals surface area contributed by atoms with Gasteiger partial charge in [0.1, 0.15) is 5.75 Å². The minimum Gasteiger partial charge on any atom is -0.480 e. The lowest BCUT2D eigenvalue weighted by molar-refractivity contribution is -0.122. The van der Waals surface area contributed by atoms with Crippen LogP contribution in [0.3, 0.4) is 0 Å². The minimum atomic E-state index is -0.531. The molecular weight excluding hydrogens is 298 g/mol. The predicted octanol–water partition coefficient (Wildman–Crippen LogP) is 4.75. The van der Waals surface area contributed by atoms with Crippen LogP contribution in [0.25, 0.3) is 0 Å².